The lowest BCUT2D eigenvalue weighted by Gasteiger charge is -2.26. The van der Waals surface area contributed by atoms with Crippen molar-refractivity contribution in [2.24, 2.45) is 0 Å². The fourth-order valence-electron chi connectivity index (χ4n) is 4.17. The molecule has 1 aliphatic rings. The monoisotopic (exact) mass is 468 g/mol. The van der Waals surface area contributed by atoms with Crippen LogP contribution in [0.5, 0.6) is 0 Å². The quantitative estimate of drug-likeness (QED) is 0.461. The first kappa shape index (κ1) is 25.2. The Kier molecular flexibility index (Phi) is 9.04. The Hall–Kier alpha value is -3.39. The van der Waals surface area contributed by atoms with Gasteiger partial charge in [-0.05, 0) is 36.1 Å². The van der Waals surface area contributed by atoms with Gasteiger partial charge in [0.1, 0.15) is 6.61 Å². The van der Waals surface area contributed by atoms with E-state index >= 15 is 0 Å². The minimum absolute atomic E-state index is 0.00504. The van der Waals surface area contributed by atoms with Gasteiger partial charge in [-0.25, -0.2) is 4.79 Å². The van der Waals surface area contributed by atoms with Gasteiger partial charge in [-0.2, -0.15) is 0 Å². The second-order valence-electron chi connectivity index (χ2n) is 8.44. The van der Waals surface area contributed by atoms with Crippen molar-refractivity contribution in [3.8, 4) is 11.1 Å². The highest BCUT2D eigenvalue weighted by molar-refractivity contribution is 5.79. The number of nitrogens with zero attached hydrogens (tertiary/aromatic N) is 1. The van der Waals surface area contributed by atoms with Crippen LogP contribution >= 0.6 is 0 Å². The lowest BCUT2D eigenvalue weighted by molar-refractivity contribution is -0.139. The molecule has 0 fully saturated rings. The van der Waals surface area contributed by atoms with E-state index < -0.39 is 12.1 Å². The number of hydrogen-bond acceptors (Lipinski definition) is 5. The summed E-state index contributed by atoms with van der Waals surface area (Å²) in [5.41, 5.74) is 4.66. The topological polar surface area (TPSA) is 105 Å². The van der Waals surface area contributed by atoms with Gasteiger partial charge in [0.15, 0.2) is 0 Å². The van der Waals surface area contributed by atoms with Gasteiger partial charge in [-0.1, -0.05) is 48.5 Å². The zero-order valence-corrected chi connectivity index (χ0v) is 19.7. The molecule has 2 aromatic rings. The van der Waals surface area contributed by atoms with Crippen molar-refractivity contribution in [2.45, 2.75) is 38.6 Å². The highest BCUT2D eigenvalue weighted by Crippen LogP contribution is 2.44. The van der Waals surface area contributed by atoms with Crippen molar-refractivity contribution >= 4 is 18.0 Å². The fraction of sp³-hybridized carbons (Fsp3) is 0.423. The molecule has 2 N–H and O–H groups in total. The summed E-state index contributed by atoms with van der Waals surface area (Å²) in [4.78, 5) is 36.7. The van der Waals surface area contributed by atoms with Crippen LogP contribution in [0, 0.1) is 0 Å². The van der Waals surface area contributed by atoms with Crippen molar-refractivity contribution in [2.75, 3.05) is 32.9 Å². The first-order valence-corrected chi connectivity index (χ1v) is 11.6. The maximum Gasteiger partial charge on any atom is 0.407 e. The molecule has 2 amide bonds. The molecular formula is C26H32N2O6. The molecule has 2 aromatic carbocycles. The number of carboxylic acid groups (broad SMARTS) is 1. The van der Waals surface area contributed by atoms with Crippen LogP contribution in [0.4, 0.5) is 4.79 Å². The number of aliphatic carboxylic acids is 1. The van der Waals surface area contributed by atoms with Crippen LogP contribution in [0.1, 0.15) is 43.7 Å². The maximum atomic E-state index is 12.3. The van der Waals surface area contributed by atoms with Gasteiger partial charge in [0.05, 0.1) is 26.1 Å². The van der Waals surface area contributed by atoms with Crippen molar-refractivity contribution in [3.63, 3.8) is 0 Å². The van der Waals surface area contributed by atoms with Gasteiger partial charge in [0, 0.05) is 25.0 Å². The van der Waals surface area contributed by atoms with Crippen molar-refractivity contribution < 1.29 is 29.0 Å². The second-order valence-corrected chi connectivity index (χ2v) is 8.44. The van der Waals surface area contributed by atoms with Crippen LogP contribution in [0.15, 0.2) is 48.5 Å². The molecule has 0 unspecified atom stereocenters. The number of nitrogens with one attached hydrogen (secondary N) is 1. The molecule has 34 heavy (non-hydrogen) atoms. The number of benzene rings is 2. The molecule has 0 bridgehead atoms. The van der Waals surface area contributed by atoms with E-state index in [9.17, 15) is 14.4 Å². The van der Waals surface area contributed by atoms with Gasteiger partial charge in [-0.15, -0.1) is 0 Å². The number of carbonyl (C=O) groups is 3. The molecule has 3 rings (SSSR count). The Labute approximate surface area is 199 Å². The fourth-order valence-corrected chi connectivity index (χ4v) is 4.17. The number of amides is 2. The highest BCUT2D eigenvalue weighted by atomic mass is 16.5. The van der Waals surface area contributed by atoms with Gasteiger partial charge in [-0.3, -0.25) is 9.59 Å². The average molecular weight is 469 g/mol. The molecule has 0 atom stereocenters. The molecule has 0 aromatic heterocycles. The van der Waals surface area contributed by atoms with Crippen LogP contribution in [-0.2, 0) is 19.1 Å². The Morgan fingerprint density at radius 2 is 1.59 bits per heavy atom. The number of alkyl carbamates (subject to hydrolysis) is 1. The minimum Gasteiger partial charge on any atom is -0.481 e. The predicted octanol–water partition coefficient (Wildman–Crippen LogP) is 3.64. The Balaban J connectivity index is 1.35. The third-order valence-electron chi connectivity index (χ3n) is 5.83. The molecule has 182 valence electrons. The van der Waals surface area contributed by atoms with Gasteiger partial charge >= 0.3 is 12.1 Å². The first-order valence-electron chi connectivity index (χ1n) is 11.6. The SMILES string of the molecule is CC(C)N(CCC(=O)O)C(=O)CCOCCNC(=O)OCC1c2ccccc2-c2ccccc21. The Bertz CT molecular complexity index is 961. The summed E-state index contributed by atoms with van der Waals surface area (Å²) in [6, 6.07) is 16.2. The number of hydrogen-bond donors (Lipinski definition) is 2. The van der Waals surface area contributed by atoms with Crippen LogP contribution in [0.3, 0.4) is 0 Å². The normalized spacial score (nSPS) is 12.2. The van der Waals surface area contributed by atoms with Crippen LogP contribution < -0.4 is 5.32 Å². The van der Waals surface area contributed by atoms with E-state index in [1.807, 2.05) is 38.1 Å². The molecule has 0 saturated carbocycles. The predicted molar refractivity (Wildman–Crippen MR) is 128 cm³/mol. The summed E-state index contributed by atoms with van der Waals surface area (Å²) in [5.74, 6) is -1.08. The second kappa shape index (κ2) is 12.2. The van der Waals surface area contributed by atoms with Crippen molar-refractivity contribution in [1.82, 2.24) is 10.2 Å². The number of ether oxygens (including phenoxy) is 2. The number of carboxylic acids is 1. The summed E-state index contributed by atoms with van der Waals surface area (Å²) < 4.78 is 10.9. The van der Waals surface area contributed by atoms with E-state index in [0.29, 0.717) is 0 Å². The van der Waals surface area contributed by atoms with Crippen molar-refractivity contribution in [3.05, 3.63) is 59.7 Å². The van der Waals surface area contributed by atoms with Gasteiger partial charge in [0.25, 0.3) is 0 Å². The van der Waals surface area contributed by atoms with Gasteiger partial charge < -0.3 is 24.8 Å². The Morgan fingerprint density at radius 3 is 2.18 bits per heavy atom. The van der Waals surface area contributed by atoms with Crippen LogP contribution in [0.25, 0.3) is 11.1 Å². The first-order chi connectivity index (χ1) is 16.4. The summed E-state index contributed by atoms with van der Waals surface area (Å²) in [5, 5.41) is 11.5. The lowest BCUT2D eigenvalue weighted by Crippen LogP contribution is -2.39. The molecule has 0 heterocycles. The van der Waals surface area contributed by atoms with E-state index in [4.69, 9.17) is 14.6 Å². The van der Waals surface area contributed by atoms with Gasteiger partial charge in [0.2, 0.25) is 5.91 Å². The number of carbonyl (C=O) groups excluding carboxylic acids is 2. The van der Waals surface area contributed by atoms with E-state index in [1.54, 1.807) is 0 Å². The molecule has 0 radical (unpaired) electrons. The summed E-state index contributed by atoms with van der Waals surface area (Å²) in [7, 11) is 0. The van der Waals surface area contributed by atoms with E-state index in [2.05, 4.69) is 29.6 Å². The van der Waals surface area contributed by atoms with Crippen LogP contribution in [-0.4, -0.2) is 66.9 Å². The highest BCUT2D eigenvalue weighted by Gasteiger charge is 2.28. The zero-order chi connectivity index (χ0) is 24.5. The maximum absolute atomic E-state index is 12.3. The molecule has 1 aliphatic carbocycles. The molecule has 8 nitrogen and oxygen atoms in total. The number of rotatable bonds is 12. The summed E-state index contributed by atoms with van der Waals surface area (Å²) in [6.45, 7) is 4.82. The van der Waals surface area contributed by atoms with E-state index in [0.717, 1.165) is 11.1 Å². The lowest BCUT2D eigenvalue weighted by atomic mass is 9.98. The van der Waals surface area contributed by atoms with Crippen LogP contribution in [0.2, 0.25) is 0 Å². The zero-order valence-electron chi connectivity index (χ0n) is 19.7. The largest absolute Gasteiger partial charge is 0.481 e. The minimum atomic E-state index is -0.936. The smallest absolute Gasteiger partial charge is 0.407 e. The number of fused-ring (bicyclic) bond motifs is 3. The summed E-state index contributed by atoms with van der Waals surface area (Å²) >= 11 is 0. The molecule has 0 spiro atoms. The third kappa shape index (κ3) is 6.57. The standard InChI is InChI=1S/C26H32N2O6/c1-18(2)28(14-11-25(30)31)24(29)12-15-33-16-13-27-26(32)34-17-23-21-9-5-3-7-19(21)20-8-4-6-10-22(20)23/h3-10,18,23H,11-17H2,1-2H3,(H,27,32)(H,30,31). The average Bonchev–Trinajstić information content (AvgIpc) is 3.13. The Morgan fingerprint density at radius 1 is 0.971 bits per heavy atom. The van der Waals surface area contributed by atoms with Crippen molar-refractivity contribution in [1.29, 1.82) is 0 Å². The summed E-state index contributed by atoms with van der Waals surface area (Å²) in [6.07, 6.45) is -0.446. The van der Waals surface area contributed by atoms with E-state index in [-0.39, 0.29) is 63.6 Å². The molecule has 8 heteroatoms. The molecular weight excluding hydrogens is 436 g/mol. The molecule has 0 aliphatic heterocycles. The van der Waals surface area contributed by atoms with E-state index in [1.165, 1.54) is 16.0 Å². The molecule has 0 saturated heterocycles. The third-order valence-corrected chi connectivity index (χ3v) is 5.83.